The number of Topliss-reactive ketones (excluding diaryl/α,β-unsaturated/α-hetero) is 1. The molecule has 0 aliphatic carbocycles. The van der Waals surface area contributed by atoms with Gasteiger partial charge in [0.1, 0.15) is 11.6 Å². The highest BCUT2D eigenvalue weighted by Gasteiger charge is 2.28. The summed E-state index contributed by atoms with van der Waals surface area (Å²) in [7, 11) is 0. The molecule has 24 heavy (non-hydrogen) atoms. The van der Waals surface area contributed by atoms with Crippen molar-refractivity contribution < 1.29 is 18.3 Å². The number of benzene rings is 1. The zero-order valence-electron chi connectivity index (χ0n) is 13.4. The van der Waals surface area contributed by atoms with Crippen LogP contribution in [0.1, 0.15) is 30.1 Å². The Bertz CT molecular complexity index is 798. The maximum Gasteiger partial charge on any atom is 0.196 e. The number of ketones is 1. The van der Waals surface area contributed by atoms with Crippen molar-refractivity contribution in [1.82, 2.24) is 9.97 Å². The molecular weight excluding hydrogens is 316 g/mol. The van der Waals surface area contributed by atoms with Crippen molar-refractivity contribution in [3.05, 3.63) is 53.1 Å². The highest BCUT2D eigenvalue weighted by atomic mass is 19.2. The first-order valence-electron chi connectivity index (χ1n) is 7.19. The van der Waals surface area contributed by atoms with E-state index in [1.165, 1.54) is 13.0 Å². The molecule has 0 aliphatic heterocycles. The van der Waals surface area contributed by atoms with Crippen molar-refractivity contribution in [3.8, 4) is 11.8 Å². The standard InChI is InChI=1S/C17H15F2N3O2/c1-9-6-16(22-11(3)21-9)13(8-20)17(23)10(2)24-12-4-5-14(18)15(19)7-12/h4-7,10,13H,1-3H3/t10-,13-/m0/s1. The first-order chi connectivity index (χ1) is 11.3. The molecule has 0 saturated carbocycles. The monoisotopic (exact) mass is 331 g/mol. The van der Waals surface area contributed by atoms with Crippen LogP contribution in [0.25, 0.3) is 0 Å². The van der Waals surface area contributed by atoms with Crippen LogP contribution in [0.2, 0.25) is 0 Å². The van der Waals surface area contributed by atoms with Gasteiger partial charge in [-0.15, -0.1) is 0 Å². The fraction of sp³-hybridized carbons (Fsp3) is 0.294. The van der Waals surface area contributed by atoms with Gasteiger partial charge in [0.25, 0.3) is 0 Å². The normalized spacial score (nSPS) is 13.0. The third-order valence-electron chi connectivity index (χ3n) is 3.30. The quantitative estimate of drug-likeness (QED) is 0.842. The van der Waals surface area contributed by atoms with Crippen molar-refractivity contribution in [1.29, 1.82) is 5.26 Å². The number of ether oxygens (including phenoxy) is 1. The van der Waals surface area contributed by atoms with Gasteiger partial charge in [0.15, 0.2) is 29.4 Å². The first-order valence-corrected chi connectivity index (χ1v) is 7.19. The van der Waals surface area contributed by atoms with Gasteiger partial charge in [-0.1, -0.05) is 0 Å². The molecule has 7 heteroatoms. The summed E-state index contributed by atoms with van der Waals surface area (Å²) in [4.78, 5) is 20.7. The molecule has 2 rings (SSSR count). The van der Waals surface area contributed by atoms with Gasteiger partial charge in [-0.25, -0.2) is 18.7 Å². The van der Waals surface area contributed by atoms with Crippen LogP contribution in [-0.2, 0) is 4.79 Å². The molecule has 0 fully saturated rings. The maximum atomic E-state index is 13.2. The lowest BCUT2D eigenvalue weighted by Gasteiger charge is -2.17. The summed E-state index contributed by atoms with van der Waals surface area (Å²) in [6, 6.07) is 6.43. The van der Waals surface area contributed by atoms with Crippen LogP contribution < -0.4 is 4.74 Å². The van der Waals surface area contributed by atoms with E-state index in [2.05, 4.69) is 9.97 Å². The lowest BCUT2D eigenvalue weighted by Crippen LogP contribution is -2.29. The van der Waals surface area contributed by atoms with E-state index in [4.69, 9.17) is 4.74 Å². The van der Waals surface area contributed by atoms with Crippen LogP contribution in [-0.4, -0.2) is 21.9 Å². The number of hydrogen-bond acceptors (Lipinski definition) is 5. The zero-order chi connectivity index (χ0) is 17.9. The van der Waals surface area contributed by atoms with Crippen molar-refractivity contribution in [2.45, 2.75) is 32.8 Å². The summed E-state index contributed by atoms with van der Waals surface area (Å²) >= 11 is 0. The molecule has 2 atom stereocenters. The molecule has 5 nitrogen and oxygen atoms in total. The van der Waals surface area contributed by atoms with E-state index in [0.717, 1.165) is 12.1 Å². The molecule has 0 amide bonds. The van der Waals surface area contributed by atoms with E-state index in [0.29, 0.717) is 11.5 Å². The van der Waals surface area contributed by atoms with E-state index < -0.39 is 29.4 Å². The molecule has 0 unspecified atom stereocenters. The van der Waals surface area contributed by atoms with Crippen LogP contribution in [0.3, 0.4) is 0 Å². The van der Waals surface area contributed by atoms with E-state index >= 15 is 0 Å². The lowest BCUT2D eigenvalue weighted by atomic mass is 9.97. The fourth-order valence-electron chi connectivity index (χ4n) is 2.22. The van der Waals surface area contributed by atoms with Crippen LogP contribution in [0, 0.1) is 36.8 Å². The Labute approximate surface area is 137 Å². The molecule has 1 aromatic heterocycles. The Morgan fingerprint density at radius 3 is 2.50 bits per heavy atom. The molecule has 0 radical (unpaired) electrons. The third-order valence-corrected chi connectivity index (χ3v) is 3.30. The van der Waals surface area contributed by atoms with E-state index in [-0.39, 0.29) is 11.4 Å². The summed E-state index contributed by atoms with van der Waals surface area (Å²) in [6.45, 7) is 4.84. The molecule has 1 aromatic carbocycles. The molecule has 0 saturated heterocycles. The maximum absolute atomic E-state index is 13.2. The summed E-state index contributed by atoms with van der Waals surface area (Å²) in [5.74, 6) is -3.30. The zero-order valence-corrected chi connectivity index (χ0v) is 13.4. The van der Waals surface area contributed by atoms with E-state index in [1.807, 2.05) is 6.07 Å². The Hall–Kier alpha value is -2.88. The SMILES string of the molecule is Cc1cc([C@H](C#N)C(=O)[C@H](C)Oc2ccc(F)c(F)c2)nc(C)n1. The van der Waals surface area contributed by atoms with Crippen molar-refractivity contribution >= 4 is 5.78 Å². The number of hydrogen-bond donors (Lipinski definition) is 0. The summed E-state index contributed by atoms with van der Waals surface area (Å²) < 4.78 is 31.4. The number of aryl methyl sites for hydroxylation is 2. The van der Waals surface area contributed by atoms with Crippen LogP contribution in [0.5, 0.6) is 5.75 Å². The number of halogens is 2. The average Bonchev–Trinajstić information content (AvgIpc) is 2.50. The first kappa shape index (κ1) is 17.5. The fourth-order valence-corrected chi connectivity index (χ4v) is 2.22. The number of carbonyl (C=O) groups excluding carboxylic acids is 1. The number of carbonyl (C=O) groups is 1. The van der Waals surface area contributed by atoms with Crippen LogP contribution in [0.15, 0.2) is 24.3 Å². The number of nitriles is 1. The second kappa shape index (κ2) is 7.13. The predicted molar refractivity (Wildman–Crippen MR) is 81.3 cm³/mol. The summed E-state index contributed by atoms with van der Waals surface area (Å²) in [5.41, 5.74) is 0.924. The van der Waals surface area contributed by atoms with Crippen molar-refractivity contribution in [2.24, 2.45) is 0 Å². The minimum absolute atomic E-state index is 0.00138. The highest BCUT2D eigenvalue weighted by molar-refractivity contribution is 5.91. The molecule has 1 heterocycles. The van der Waals surface area contributed by atoms with Gasteiger partial charge in [0.2, 0.25) is 0 Å². The second-order valence-electron chi connectivity index (χ2n) is 5.28. The molecule has 0 bridgehead atoms. The molecule has 0 N–H and O–H groups in total. The number of rotatable bonds is 5. The number of nitrogens with zero attached hydrogens (tertiary/aromatic N) is 3. The van der Waals surface area contributed by atoms with Gasteiger partial charge in [0, 0.05) is 11.8 Å². The van der Waals surface area contributed by atoms with Gasteiger partial charge < -0.3 is 4.74 Å². The average molecular weight is 331 g/mol. The molecule has 0 aliphatic rings. The van der Waals surface area contributed by atoms with Crippen molar-refractivity contribution in [2.75, 3.05) is 0 Å². The van der Waals surface area contributed by atoms with Gasteiger partial charge in [-0.2, -0.15) is 5.26 Å². The predicted octanol–water partition coefficient (Wildman–Crippen LogP) is 3.02. The van der Waals surface area contributed by atoms with E-state index in [9.17, 15) is 18.8 Å². The van der Waals surface area contributed by atoms with Crippen LogP contribution in [0.4, 0.5) is 8.78 Å². The lowest BCUT2D eigenvalue weighted by molar-refractivity contribution is -0.125. The van der Waals surface area contributed by atoms with Gasteiger partial charge in [0.05, 0.1) is 11.8 Å². The molecule has 124 valence electrons. The summed E-state index contributed by atoms with van der Waals surface area (Å²) in [6.07, 6.45) is -1.03. The topological polar surface area (TPSA) is 75.9 Å². The molecule has 2 aromatic rings. The van der Waals surface area contributed by atoms with Crippen LogP contribution >= 0.6 is 0 Å². The Morgan fingerprint density at radius 2 is 1.92 bits per heavy atom. The Balaban J connectivity index is 2.21. The second-order valence-corrected chi connectivity index (χ2v) is 5.28. The minimum Gasteiger partial charge on any atom is -0.483 e. The molecule has 0 spiro atoms. The van der Waals surface area contributed by atoms with E-state index in [1.54, 1.807) is 19.9 Å². The smallest absolute Gasteiger partial charge is 0.196 e. The van der Waals surface area contributed by atoms with Gasteiger partial charge in [-0.05, 0) is 39.0 Å². The highest BCUT2D eigenvalue weighted by Crippen LogP contribution is 2.21. The van der Waals surface area contributed by atoms with Gasteiger partial charge >= 0.3 is 0 Å². The largest absolute Gasteiger partial charge is 0.483 e. The Kier molecular flexibility index (Phi) is 5.19. The summed E-state index contributed by atoms with van der Waals surface area (Å²) in [5, 5.41) is 9.33. The van der Waals surface area contributed by atoms with Crippen molar-refractivity contribution in [3.63, 3.8) is 0 Å². The minimum atomic E-state index is -1.13. The Morgan fingerprint density at radius 1 is 1.21 bits per heavy atom. The third kappa shape index (κ3) is 3.90. The number of aromatic nitrogens is 2. The van der Waals surface area contributed by atoms with Gasteiger partial charge in [-0.3, -0.25) is 4.79 Å². The molecular formula is C17H15F2N3O2.